The zero-order chi connectivity index (χ0) is 16.6. The Morgan fingerprint density at radius 2 is 2.09 bits per heavy atom. The van der Waals surface area contributed by atoms with Crippen LogP contribution in [0, 0.1) is 6.92 Å². The number of carbonyl (C=O) groups excluding carboxylic acids is 1. The maximum atomic E-state index is 11.5. The summed E-state index contributed by atoms with van der Waals surface area (Å²) in [5, 5.41) is 15.6. The van der Waals surface area contributed by atoms with Gasteiger partial charge in [-0.05, 0) is 19.9 Å². The van der Waals surface area contributed by atoms with Gasteiger partial charge in [-0.1, -0.05) is 18.2 Å². The number of nitrogens with zero attached hydrogens (tertiary/aromatic N) is 3. The average Bonchev–Trinajstić information content (AvgIpc) is 3.13. The molecule has 0 atom stereocenters. The van der Waals surface area contributed by atoms with Crippen LogP contribution in [-0.2, 0) is 0 Å². The molecule has 23 heavy (non-hydrogen) atoms. The predicted molar refractivity (Wildman–Crippen MR) is 86.4 cm³/mol. The second kappa shape index (κ2) is 5.77. The van der Waals surface area contributed by atoms with Crippen LogP contribution in [-0.4, -0.2) is 31.6 Å². The largest absolute Gasteiger partial charge is 0.478 e. The summed E-state index contributed by atoms with van der Waals surface area (Å²) in [7, 11) is 0. The molecule has 0 aliphatic rings. The smallest absolute Gasteiger partial charge is 0.339 e. The Morgan fingerprint density at radius 3 is 2.74 bits per heavy atom. The molecule has 0 radical (unpaired) electrons. The molecular weight excluding hydrogens is 314 g/mol. The molecule has 0 bridgehead atoms. The Morgan fingerprint density at radius 1 is 1.30 bits per heavy atom. The summed E-state index contributed by atoms with van der Waals surface area (Å²) in [6.07, 6.45) is 1.31. The minimum absolute atomic E-state index is 0.00340. The third-order valence-electron chi connectivity index (χ3n) is 3.48. The van der Waals surface area contributed by atoms with Crippen LogP contribution in [0.25, 0.3) is 16.4 Å². The van der Waals surface area contributed by atoms with Crippen LogP contribution in [0.4, 0.5) is 0 Å². The van der Waals surface area contributed by atoms with Crippen molar-refractivity contribution in [3.63, 3.8) is 0 Å². The summed E-state index contributed by atoms with van der Waals surface area (Å²) in [6, 6.07) is 7.24. The minimum atomic E-state index is -1.01. The number of aromatic nitrogens is 3. The van der Waals surface area contributed by atoms with Gasteiger partial charge in [0.05, 0.1) is 17.6 Å². The van der Waals surface area contributed by atoms with Gasteiger partial charge in [0.1, 0.15) is 5.56 Å². The molecule has 2 aromatic heterocycles. The maximum absolute atomic E-state index is 11.5. The summed E-state index contributed by atoms with van der Waals surface area (Å²) in [4.78, 5) is 27.1. The van der Waals surface area contributed by atoms with Crippen molar-refractivity contribution in [3.8, 4) is 16.4 Å². The third kappa shape index (κ3) is 2.78. The van der Waals surface area contributed by atoms with Gasteiger partial charge in [-0.25, -0.2) is 14.5 Å². The highest BCUT2D eigenvalue weighted by Gasteiger charge is 2.16. The zero-order valence-electron chi connectivity index (χ0n) is 12.5. The van der Waals surface area contributed by atoms with Gasteiger partial charge in [0, 0.05) is 16.5 Å². The highest BCUT2D eigenvalue weighted by Crippen LogP contribution is 2.26. The van der Waals surface area contributed by atoms with E-state index in [1.807, 2.05) is 17.5 Å². The van der Waals surface area contributed by atoms with E-state index in [1.54, 1.807) is 19.1 Å². The lowest BCUT2D eigenvalue weighted by molar-refractivity contribution is 0.0696. The van der Waals surface area contributed by atoms with Crippen molar-refractivity contribution in [1.82, 2.24) is 14.8 Å². The Hall–Kier alpha value is -2.80. The first-order valence-corrected chi connectivity index (χ1v) is 7.70. The van der Waals surface area contributed by atoms with E-state index < -0.39 is 5.97 Å². The normalized spacial score (nSPS) is 10.7. The monoisotopic (exact) mass is 327 g/mol. The minimum Gasteiger partial charge on any atom is -0.478 e. The quantitative estimate of drug-likeness (QED) is 0.744. The second-order valence-electron chi connectivity index (χ2n) is 5.01. The van der Waals surface area contributed by atoms with Gasteiger partial charge in [-0.3, -0.25) is 4.79 Å². The van der Waals surface area contributed by atoms with Gasteiger partial charge in [0.2, 0.25) is 5.13 Å². The highest BCUT2D eigenvalue weighted by molar-refractivity contribution is 7.12. The van der Waals surface area contributed by atoms with Crippen molar-refractivity contribution < 1.29 is 14.7 Å². The Bertz CT molecular complexity index is 911. The van der Waals surface area contributed by atoms with Crippen molar-refractivity contribution in [3.05, 3.63) is 52.7 Å². The fourth-order valence-electron chi connectivity index (χ4n) is 2.20. The number of aromatic carboxylic acids is 1. The van der Waals surface area contributed by atoms with Gasteiger partial charge in [-0.2, -0.15) is 5.10 Å². The molecule has 2 heterocycles. The lowest BCUT2D eigenvalue weighted by Crippen LogP contribution is -2.02. The lowest BCUT2D eigenvalue weighted by Gasteiger charge is -2.01. The van der Waals surface area contributed by atoms with E-state index in [1.165, 1.54) is 29.1 Å². The molecule has 0 amide bonds. The summed E-state index contributed by atoms with van der Waals surface area (Å²) in [5.41, 5.74) is 2.86. The van der Waals surface area contributed by atoms with E-state index in [9.17, 15) is 9.59 Å². The first-order valence-electron chi connectivity index (χ1n) is 6.82. The van der Waals surface area contributed by atoms with Crippen molar-refractivity contribution in [2.24, 2.45) is 0 Å². The number of rotatable bonds is 4. The number of carboxylic acid groups (broad SMARTS) is 1. The number of thiazole rings is 1. The standard InChI is InChI=1S/C16H13N3O3S/c1-9-13(15(21)22)7-17-19(9)16-18-14(8-23-16)12-5-3-4-11(6-12)10(2)20/h3-8H,1-2H3,(H,21,22). The maximum Gasteiger partial charge on any atom is 0.339 e. The molecular formula is C16H13N3O3S. The fraction of sp³-hybridized carbons (Fsp3) is 0.125. The summed E-state index contributed by atoms with van der Waals surface area (Å²) in [6.45, 7) is 3.21. The molecule has 0 aliphatic heterocycles. The van der Waals surface area contributed by atoms with E-state index >= 15 is 0 Å². The molecule has 0 aliphatic carbocycles. The van der Waals surface area contributed by atoms with E-state index in [2.05, 4.69) is 10.1 Å². The Labute approximate surface area is 136 Å². The van der Waals surface area contributed by atoms with Crippen molar-refractivity contribution in [1.29, 1.82) is 0 Å². The van der Waals surface area contributed by atoms with Gasteiger partial charge < -0.3 is 5.11 Å². The number of ketones is 1. The number of benzene rings is 1. The SMILES string of the molecule is CC(=O)c1cccc(-c2csc(-n3ncc(C(=O)O)c3C)n2)c1. The molecule has 116 valence electrons. The average molecular weight is 327 g/mol. The zero-order valence-corrected chi connectivity index (χ0v) is 13.3. The fourth-order valence-corrected chi connectivity index (χ4v) is 3.04. The molecule has 3 aromatic rings. The number of hydrogen-bond acceptors (Lipinski definition) is 5. The van der Waals surface area contributed by atoms with Crippen molar-refractivity contribution >= 4 is 23.1 Å². The van der Waals surface area contributed by atoms with Crippen molar-refractivity contribution in [2.75, 3.05) is 0 Å². The van der Waals surface area contributed by atoms with Crippen LogP contribution in [0.2, 0.25) is 0 Å². The number of carbonyl (C=O) groups is 2. The van der Waals surface area contributed by atoms with E-state index in [-0.39, 0.29) is 11.3 Å². The van der Waals surface area contributed by atoms with Crippen LogP contribution in [0.5, 0.6) is 0 Å². The number of Topliss-reactive ketones (excluding diaryl/α,β-unsaturated/α-hetero) is 1. The summed E-state index contributed by atoms with van der Waals surface area (Å²) >= 11 is 1.36. The molecule has 7 heteroatoms. The van der Waals surface area contributed by atoms with Crippen LogP contribution < -0.4 is 0 Å². The molecule has 3 rings (SSSR count). The molecule has 0 unspecified atom stereocenters. The van der Waals surface area contributed by atoms with Gasteiger partial charge in [0.15, 0.2) is 5.78 Å². The van der Waals surface area contributed by atoms with Crippen LogP contribution in [0.15, 0.2) is 35.8 Å². The number of carboxylic acids is 1. The van der Waals surface area contributed by atoms with E-state index in [0.29, 0.717) is 16.4 Å². The van der Waals surface area contributed by atoms with Crippen LogP contribution >= 0.6 is 11.3 Å². The summed E-state index contributed by atoms with van der Waals surface area (Å²) < 4.78 is 1.51. The molecule has 0 spiro atoms. The number of hydrogen-bond donors (Lipinski definition) is 1. The van der Waals surface area contributed by atoms with E-state index in [0.717, 1.165) is 11.3 Å². The first-order chi connectivity index (χ1) is 11.0. The Balaban J connectivity index is 1.99. The molecule has 0 saturated heterocycles. The summed E-state index contributed by atoms with van der Waals surface area (Å²) in [5.74, 6) is -1.02. The predicted octanol–water partition coefficient (Wildman–Crippen LogP) is 3.21. The second-order valence-corrected chi connectivity index (χ2v) is 5.85. The molecule has 0 saturated carbocycles. The molecule has 0 fully saturated rings. The van der Waals surface area contributed by atoms with Gasteiger partial charge in [0.25, 0.3) is 0 Å². The third-order valence-corrected chi connectivity index (χ3v) is 4.29. The van der Waals surface area contributed by atoms with Gasteiger partial charge in [-0.15, -0.1) is 11.3 Å². The Kier molecular flexibility index (Phi) is 3.79. The highest BCUT2D eigenvalue weighted by atomic mass is 32.1. The molecule has 1 N–H and O–H groups in total. The topological polar surface area (TPSA) is 85.1 Å². The lowest BCUT2D eigenvalue weighted by atomic mass is 10.1. The molecule has 6 nitrogen and oxygen atoms in total. The van der Waals surface area contributed by atoms with Crippen molar-refractivity contribution in [2.45, 2.75) is 13.8 Å². The van der Waals surface area contributed by atoms with E-state index in [4.69, 9.17) is 5.11 Å². The molecule has 1 aromatic carbocycles. The van der Waals surface area contributed by atoms with Gasteiger partial charge >= 0.3 is 5.97 Å². The first kappa shape index (κ1) is 15.1. The van der Waals surface area contributed by atoms with Crippen LogP contribution in [0.1, 0.15) is 33.3 Å². The van der Waals surface area contributed by atoms with Crippen LogP contribution in [0.3, 0.4) is 0 Å².